The molecule has 0 atom stereocenters. The molecule has 0 amide bonds. The molecule has 14 heavy (non-hydrogen) atoms. The van der Waals surface area contributed by atoms with Gasteiger partial charge in [-0.25, -0.2) is 0 Å². The minimum Gasteiger partial charge on any atom is -0.367 e. The van der Waals surface area contributed by atoms with Gasteiger partial charge in [0, 0.05) is 18.1 Å². The molecule has 0 bridgehead atoms. The lowest BCUT2D eigenvalue weighted by atomic mass is 9.92. The monoisotopic (exact) mass is 212 g/mol. The van der Waals surface area contributed by atoms with Gasteiger partial charge in [0.1, 0.15) is 0 Å². The van der Waals surface area contributed by atoms with Crippen molar-refractivity contribution in [3.8, 4) is 0 Å². The highest BCUT2D eigenvalue weighted by molar-refractivity contribution is 7.09. The number of anilines is 2. The van der Waals surface area contributed by atoms with Gasteiger partial charge in [-0.3, -0.25) is 0 Å². The predicted molar refractivity (Wildman–Crippen MR) is 59.3 cm³/mol. The quantitative estimate of drug-likeness (QED) is 0.801. The van der Waals surface area contributed by atoms with Crippen LogP contribution < -0.4 is 11.1 Å². The Morgan fingerprint density at radius 2 is 2.29 bits per heavy atom. The maximum absolute atomic E-state index is 5.44. The molecule has 0 saturated heterocycles. The van der Waals surface area contributed by atoms with E-state index >= 15 is 0 Å². The van der Waals surface area contributed by atoms with E-state index in [0.29, 0.717) is 11.4 Å². The van der Waals surface area contributed by atoms with Crippen molar-refractivity contribution in [3.05, 3.63) is 0 Å². The molecular weight excluding hydrogens is 196 g/mol. The fourth-order valence-corrected chi connectivity index (χ4v) is 2.17. The predicted octanol–water partition coefficient (Wildman–Crippen LogP) is 1.97. The highest BCUT2D eigenvalue weighted by atomic mass is 32.1. The van der Waals surface area contributed by atoms with E-state index in [0.717, 1.165) is 17.6 Å². The van der Waals surface area contributed by atoms with Gasteiger partial charge in [0.2, 0.25) is 11.1 Å². The zero-order valence-corrected chi connectivity index (χ0v) is 9.40. The summed E-state index contributed by atoms with van der Waals surface area (Å²) in [4.78, 5) is 4.07. The molecule has 1 aliphatic carbocycles. The molecule has 0 aliphatic heterocycles. The number of rotatable bonds is 4. The second kappa shape index (κ2) is 3.38. The summed E-state index contributed by atoms with van der Waals surface area (Å²) in [5, 5.41) is 4.16. The Kier molecular flexibility index (Phi) is 2.34. The molecule has 4 nitrogen and oxygen atoms in total. The Labute approximate surface area is 88.1 Å². The minimum atomic E-state index is 0.367. The Bertz CT molecular complexity index is 316. The van der Waals surface area contributed by atoms with Crippen LogP contribution in [0.4, 0.5) is 11.1 Å². The largest absolute Gasteiger partial charge is 0.367 e. The second-order valence-corrected chi connectivity index (χ2v) is 5.08. The summed E-state index contributed by atoms with van der Waals surface area (Å²) >= 11 is 1.33. The Morgan fingerprint density at radius 1 is 1.57 bits per heavy atom. The molecule has 0 radical (unpaired) electrons. The van der Waals surface area contributed by atoms with Crippen molar-refractivity contribution in [2.75, 3.05) is 17.6 Å². The maximum Gasteiger partial charge on any atom is 0.233 e. The molecule has 0 unspecified atom stereocenters. The van der Waals surface area contributed by atoms with Crippen molar-refractivity contribution in [3.63, 3.8) is 0 Å². The normalized spacial score (nSPS) is 18.5. The highest BCUT2D eigenvalue weighted by Gasteiger charge is 2.45. The van der Waals surface area contributed by atoms with Gasteiger partial charge in [-0.05, 0) is 24.2 Å². The molecule has 78 valence electrons. The van der Waals surface area contributed by atoms with Crippen LogP contribution in [0.25, 0.3) is 0 Å². The maximum atomic E-state index is 5.44. The van der Waals surface area contributed by atoms with Gasteiger partial charge in [-0.15, -0.1) is 0 Å². The summed E-state index contributed by atoms with van der Waals surface area (Å²) in [7, 11) is 0. The first kappa shape index (κ1) is 9.71. The molecule has 1 saturated carbocycles. The van der Waals surface area contributed by atoms with Crippen LogP contribution in [0, 0.1) is 11.3 Å². The van der Waals surface area contributed by atoms with Crippen LogP contribution in [-0.4, -0.2) is 15.9 Å². The van der Waals surface area contributed by atoms with Gasteiger partial charge in [0.25, 0.3) is 0 Å². The molecule has 0 aromatic carbocycles. The third kappa shape index (κ3) is 1.82. The Balaban J connectivity index is 1.89. The molecule has 0 spiro atoms. The molecular formula is C9H16N4S. The lowest BCUT2D eigenvalue weighted by Gasteiger charge is -2.19. The third-order valence-electron chi connectivity index (χ3n) is 3.15. The number of nitrogens with zero attached hydrogens (tertiary/aromatic N) is 2. The fraction of sp³-hybridized carbons (Fsp3) is 0.778. The van der Waals surface area contributed by atoms with Crippen LogP contribution in [0.5, 0.6) is 0 Å². The summed E-state index contributed by atoms with van der Waals surface area (Å²) in [6.07, 6.45) is 2.65. The second-order valence-electron chi connectivity index (χ2n) is 4.33. The fourth-order valence-electron chi connectivity index (χ4n) is 1.68. The zero-order chi connectivity index (χ0) is 10.2. The highest BCUT2D eigenvalue weighted by Crippen LogP contribution is 2.51. The van der Waals surface area contributed by atoms with Gasteiger partial charge >= 0.3 is 0 Å². The van der Waals surface area contributed by atoms with Crippen molar-refractivity contribution in [2.45, 2.75) is 26.7 Å². The van der Waals surface area contributed by atoms with Crippen molar-refractivity contribution < 1.29 is 0 Å². The van der Waals surface area contributed by atoms with Gasteiger partial charge in [0.15, 0.2) is 0 Å². The van der Waals surface area contributed by atoms with Gasteiger partial charge < -0.3 is 11.1 Å². The standard InChI is InChI=1S/C9H16N4S/c1-6(2)9(3-4-9)5-11-8-12-7(10)13-14-8/h6H,3-5H2,1-2H3,(H3,10,11,12,13). The summed E-state index contributed by atoms with van der Waals surface area (Å²) in [5.41, 5.74) is 5.94. The molecule has 1 aromatic heterocycles. The summed E-state index contributed by atoms with van der Waals surface area (Å²) < 4.78 is 3.93. The molecule has 1 fully saturated rings. The first-order valence-corrected chi connectivity index (χ1v) is 5.73. The molecule has 5 heteroatoms. The number of nitrogens with one attached hydrogen (secondary N) is 1. The molecule has 2 rings (SSSR count). The lowest BCUT2D eigenvalue weighted by Crippen LogP contribution is -2.20. The molecule has 3 N–H and O–H groups in total. The molecule has 1 aromatic rings. The van der Waals surface area contributed by atoms with Gasteiger partial charge in [-0.2, -0.15) is 9.36 Å². The number of aromatic nitrogens is 2. The van der Waals surface area contributed by atoms with Crippen molar-refractivity contribution in [1.82, 2.24) is 9.36 Å². The van der Waals surface area contributed by atoms with Crippen LogP contribution in [-0.2, 0) is 0 Å². The van der Waals surface area contributed by atoms with E-state index in [1.807, 2.05) is 0 Å². The topological polar surface area (TPSA) is 63.8 Å². The van der Waals surface area contributed by atoms with E-state index in [-0.39, 0.29) is 0 Å². The number of hydrogen-bond acceptors (Lipinski definition) is 5. The van der Waals surface area contributed by atoms with Gasteiger partial charge in [0.05, 0.1) is 0 Å². The Hall–Kier alpha value is -0.840. The average molecular weight is 212 g/mol. The van der Waals surface area contributed by atoms with E-state index in [2.05, 4.69) is 28.5 Å². The van der Waals surface area contributed by atoms with Gasteiger partial charge in [-0.1, -0.05) is 13.8 Å². The molecule has 1 heterocycles. The van der Waals surface area contributed by atoms with E-state index in [1.54, 1.807) is 0 Å². The first-order chi connectivity index (χ1) is 6.62. The third-order valence-corrected chi connectivity index (χ3v) is 3.84. The summed E-state index contributed by atoms with van der Waals surface area (Å²) in [6.45, 7) is 5.56. The van der Waals surface area contributed by atoms with Crippen molar-refractivity contribution >= 4 is 22.6 Å². The smallest absolute Gasteiger partial charge is 0.233 e. The average Bonchev–Trinajstić information content (AvgIpc) is 2.82. The SMILES string of the molecule is CC(C)C1(CNc2nc(N)ns2)CC1. The minimum absolute atomic E-state index is 0.367. The van der Waals surface area contributed by atoms with Crippen molar-refractivity contribution in [2.24, 2.45) is 11.3 Å². The number of nitrogen functional groups attached to an aromatic ring is 1. The first-order valence-electron chi connectivity index (χ1n) is 4.95. The lowest BCUT2D eigenvalue weighted by molar-refractivity contribution is 0.380. The van der Waals surface area contributed by atoms with Crippen LogP contribution in [0.3, 0.4) is 0 Å². The summed E-state index contributed by atoms with van der Waals surface area (Å²) in [5.74, 6) is 1.10. The van der Waals surface area contributed by atoms with E-state index in [4.69, 9.17) is 5.73 Å². The van der Waals surface area contributed by atoms with Crippen LogP contribution in [0.15, 0.2) is 0 Å². The van der Waals surface area contributed by atoms with Crippen LogP contribution in [0.1, 0.15) is 26.7 Å². The zero-order valence-electron chi connectivity index (χ0n) is 8.58. The Morgan fingerprint density at radius 3 is 2.71 bits per heavy atom. The summed E-state index contributed by atoms with van der Waals surface area (Å²) in [6, 6.07) is 0. The molecule has 1 aliphatic rings. The number of hydrogen-bond donors (Lipinski definition) is 2. The van der Waals surface area contributed by atoms with Crippen molar-refractivity contribution in [1.29, 1.82) is 0 Å². The van der Waals surface area contributed by atoms with E-state index in [9.17, 15) is 0 Å². The number of nitrogens with two attached hydrogens (primary N) is 1. The van der Waals surface area contributed by atoms with E-state index in [1.165, 1.54) is 24.4 Å². The van der Waals surface area contributed by atoms with E-state index < -0.39 is 0 Å². The van der Waals surface area contributed by atoms with Crippen LogP contribution >= 0.6 is 11.5 Å². The van der Waals surface area contributed by atoms with Crippen LogP contribution in [0.2, 0.25) is 0 Å².